The van der Waals surface area contributed by atoms with Crippen LogP contribution in [-0.2, 0) is 0 Å². The molecule has 0 fully saturated rings. The largest absolute Gasteiger partial charge is 0.493 e. The van der Waals surface area contributed by atoms with Gasteiger partial charge in [0.25, 0.3) is 5.91 Å². The summed E-state index contributed by atoms with van der Waals surface area (Å²) in [6, 6.07) is 6.70. The van der Waals surface area contributed by atoms with E-state index in [1.807, 2.05) is 0 Å². The highest BCUT2D eigenvalue weighted by molar-refractivity contribution is 8.14. The van der Waals surface area contributed by atoms with Crippen molar-refractivity contribution in [2.45, 2.75) is 0 Å². The molecule has 1 aromatic heterocycles. The van der Waals surface area contributed by atoms with Crippen LogP contribution < -0.4 is 15.7 Å². The van der Waals surface area contributed by atoms with E-state index in [2.05, 4.69) is 10.3 Å². The van der Waals surface area contributed by atoms with E-state index in [1.54, 1.807) is 18.2 Å². The Bertz CT molecular complexity index is 797. The van der Waals surface area contributed by atoms with Crippen molar-refractivity contribution in [3.63, 3.8) is 0 Å². The van der Waals surface area contributed by atoms with Crippen LogP contribution in [0.4, 0.5) is 0 Å². The Balaban J connectivity index is 2.01. The molecule has 0 saturated heterocycles. The molecule has 0 spiro atoms. The van der Waals surface area contributed by atoms with Gasteiger partial charge in [-0.25, -0.2) is 4.79 Å². The molecule has 0 atom stereocenters. The third kappa shape index (κ3) is 2.64. The van der Waals surface area contributed by atoms with Crippen LogP contribution in [0.3, 0.4) is 0 Å². The Labute approximate surface area is 124 Å². The monoisotopic (exact) mass is 304 g/mol. The van der Waals surface area contributed by atoms with Crippen LogP contribution in [-0.4, -0.2) is 30.5 Å². The summed E-state index contributed by atoms with van der Waals surface area (Å²) >= 11 is 1.45. The molecule has 21 heavy (non-hydrogen) atoms. The lowest BCUT2D eigenvalue weighted by molar-refractivity contribution is 0.0974. The Kier molecular flexibility index (Phi) is 3.66. The summed E-state index contributed by atoms with van der Waals surface area (Å²) in [5.41, 5.74) is -0.423. The van der Waals surface area contributed by atoms with Crippen LogP contribution in [0.15, 0.2) is 38.5 Å². The van der Waals surface area contributed by atoms with Gasteiger partial charge in [-0.15, -0.1) is 0 Å². The fraction of sp³-hybridized carbons (Fsp3) is 0.214. The van der Waals surface area contributed by atoms with Gasteiger partial charge in [-0.3, -0.25) is 9.79 Å². The first kappa shape index (κ1) is 13.7. The van der Waals surface area contributed by atoms with Crippen molar-refractivity contribution >= 4 is 33.8 Å². The fourth-order valence-electron chi connectivity index (χ4n) is 2.01. The first-order chi connectivity index (χ1) is 10.2. The minimum absolute atomic E-state index is 0.0500. The van der Waals surface area contributed by atoms with E-state index in [1.165, 1.54) is 24.9 Å². The van der Waals surface area contributed by atoms with Crippen LogP contribution in [0.1, 0.15) is 10.4 Å². The first-order valence-corrected chi connectivity index (χ1v) is 7.27. The number of fused-ring (bicyclic) bond motifs is 1. The molecule has 1 aromatic carbocycles. The zero-order valence-electron chi connectivity index (χ0n) is 11.2. The lowest BCUT2D eigenvalue weighted by Crippen LogP contribution is -2.31. The van der Waals surface area contributed by atoms with Crippen LogP contribution in [0.2, 0.25) is 0 Å². The quantitative estimate of drug-likeness (QED) is 0.853. The number of thioether (sulfide) groups is 1. The third-order valence-corrected chi connectivity index (χ3v) is 3.89. The molecule has 1 aliphatic rings. The van der Waals surface area contributed by atoms with Gasteiger partial charge in [0.1, 0.15) is 5.56 Å². The molecule has 1 aliphatic heterocycles. The molecule has 0 aliphatic carbocycles. The zero-order valence-corrected chi connectivity index (χ0v) is 12.0. The van der Waals surface area contributed by atoms with Crippen molar-refractivity contribution in [1.29, 1.82) is 0 Å². The van der Waals surface area contributed by atoms with Gasteiger partial charge >= 0.3 is 5.63 Å². The zero-order chi connectivity index (χ0) is 14.8. The second-order valence-electron chi connectivity index (χ2n) is 4.32. The Morgan fingerprint density at radius 2 is 2.33 bits per heavy atom. The lowest BCUT2D eigenvalue weighted by Gasteiger charge is -2.06. The number of amidine groups is 1. The summed E-state index contributed by atoms with van der Waals surface area (Å²) in [4.78, 5) is 28.2. The number of aliphatic imine (C=N–C) groups is 1. The summed E-state index contributed by atoms with van der Waals surface area (Å²) in [7, 11) is 1.49. The third-order valence-electron chi connectivity index (χ3n) is 2.99. The number of carbonyl (C=O) groups excluding carboxylic acids is 1. The van der Waals surface area contributed by atoms with E-state index in [0.717, 1.165) is 5.75 Å². The molecule has 7 heteroatoms. The second kappa shape index (κ2) is 5.61. The van der Waals surface area contributed by atoms with E-state index in [-0.39, 0.29) is 5.56 Å². The number of ether oxygens (including phenoxy) is 1. The molecule has 0 bridgehead atoms. The number of rotatable bonds is 2. The second-order valence-corrected chi connectivity index (χ2v) is 5.40. The number of benzene rings is 1. The number of carbonyl (C=O) groups is 1. The molecular weight excluding hydrogens is 292 g/mol. The number of amides is 1. The number of hydrogen-bond acceptors (Lipinski definition) is 6. The van der Waals surface area contributed by atoms with E-state index in [9.17, 15) is 9.59 Å². The molecule has 1 amide bonds. The van der Waals surface area contributed by atoms with Gasteiger partial charge in [0, 0.05) is 11.1 Å². The molecule has 108 valence electrons. The van der Waals surface area contributed by atoms with Crippen LogP contribution in [0.25, 0.3) is 11.0 Å². The maximum atomic E-state index is 12.1. The van der Waals surface area contributed by atoms with Gasteiger partial charge < -0.3 is 14.5 Å². The van der Waals surface area contributed by atoms with Crippen molar-refractivity contribution in [2.24, 2.45) is 4.99 Å². The standard InChI is InChI=1S/C14H12N2O4S/c1-19-10-4-2-3-8-7-9(13(18)20-11(8)10)12(17)16-14-15-5-6-21-14/h2-4,7H,5-6H2,1H3,(H,15,16,17). The lowest BCUT2D eigenvalue weighted by atomic mass is 10.1. The molecule has 0 saturated carbocycles. The van der Waals surface area contributed by atoms with Crippen LogP contribution >= 0.6 is 11.8 Å². The van der Waals surface area contributed by atoms with Gasteiger partial charge in [0.05, 0.1) is 13.7 Å². The van der Waals surface area contributed by atoms with E-state index < -0.39 is 11.5 Å². The normalized spacial score (nSPS) is 14.0. The number of methoxy groups -OCH3 is 1. The molecule has 2 aromatic rings. The molecule has 0 radical (unpaired) electrons. The first-order valence-electron chi connectivity index (χ1n) is 6.28. The maximum Gasteiger partial charge on any atom is 0.349 e. The molecular formula is C14H12N2O4S. The summed E-state index contributed by atoms with van der Waals surface area (Å²) in [5.74, 6) is 0.771. The number of para-hydroxylation sites is 1. The topological polar surface area (TPSA) is 80.9 Å². The highest BCUT2D eigenvalue weighted by atomic mass is 32.2. The van der Waals surface area contributed by atoms with Crippen molar-refractivity contribution in [3.05, 3.63) is 40.2 Å². The van der Waals surface area contributed by atoms with E-state index >= 15 is 0 Å². The van der Waals surface area contributed by atoms with Crippen molar-refractivity contribution < 1.29 is 13.9 Å². The van der Waals surface area contributed by atoms with Crippen molar-refractivity contribution in [1.82, 2.24) is 5.32 Å². The predicted molar refractivity (Wildman–Crippen MR) is 81.3 cm³/mol. The average Bonchev–Trinajstić information content (AvgIpc) is 2.98. The van der Waals surface area contributed by atoms with Gasteiger partial charge in [-0.2, -0.15) is 0 Å². The molecule has 2 heterocycles. The van der Waals surface area contributed by atoms with Crippen LogP contribution in [0.5, 0.6) is 5.75 Å². The number of nitrogens with one attached hydrogen (secondary N) is 1. The highest BCUT2D eigenvalue weighted by Crippen LogP contribution is 2.24. The molecule has 3 rings (SSSR count). The fourth-order valence-corrected chi connectivity index (χ4v) is 2.74. The minimum Gasteiger partial charge on any atom is -0.493 e. The van der Waals surface area contributed by atoms with Crippen molar-refractivity contribution in [2.75, 3.05) is 19.4 Å². The SMILES string of the molecule is COc1cccc2cc(C(=O)NC3=NCCS3)c(=O)oc12. The Hall–Kier alpha value is -2.28. The summed E-state index contributed by atoms with van der Waals surface area (Å²) in [6.07, 6.45) is 0. The summed E-state index contributed by atoms with van der Waals surface area (Å²) in [6.45, 7) is 0.670. The predicted octanol–water partition coefficient (Wildman–Crippen LogP) is 1.63. The van der Waals surface area contributed by atoms with Gasteiger partial charge in [-0.1, -0.05) is 23.9 Å². The maximum absolute atomic E-state index is 12.1. The number of nitrogens with zero attached hydrogens (tertiary/aromatic N) is 1. The molecule has 6 nitrogen and oxygen atoms in total. The van der Waals surface area contributed by atoms with Gasteiger partial charge in [0.15, 0.2) is 16.5 Å². The highest BCUT2D eigenvalue weighted by Gasteiger charge is 2.18. The minimum atomic E-state index is -0.701. The van der Waals surface area contributed by atoms with Crippen molar-refractivity contribution in [3.8, 4) is 5.75 Å². The Morgan fingerprint density at radius 1 is 1.48 bits per heavy atom. The van der Waals surface area contributed by atoms with Gasteiger partial charge in [0.2, 0.25) is 0 Å². The van der Waals surface area contributed by atoms with E-state index in [4.69, 9.17) is 9.15 Å². The smallest absolute Gasteiger partial charge is 0.349 e. The van der Waals surface area contributed by atoms with Gasteiger partial charge in [-0.05, 0) is 12.1 Å². The summed E-state index contributed by atoms with van der Waals surface area (Å²) < 4.78 is 10.3. The van der Waals surface area contributed by atoms with E-state index in [0.29, 0.717) is 28.4 Å². The molecule has 0 unspecified atom stereocenters. The average molecular weight is 304 g/mol. The van der Waals surface area contributed by atoms with Crippen LogP contribution in [0, 0.1) is 0 Å². The summed E-state index contributed by atoms with van der Waals surface area (Å²) in [5, 5.41) is 3.77. The molecule has 1 N–H and O–H groups in total. The number of hydrogen-bond donors (Lipinski definition) is 1. The Morgan fingerprint density at radius 3 is 3.05 bits per heavy atom.